The number of alkyl halides is 1. The Kier molecular flexibility index (Phi) is 3.91. The van der Waals surface area contributed by atoms with Gasteiger partial charge in [0.2, 0.25) is 0 Å². The lowest BCUT2D eigenvalue weighted by molar-refractivity contribution is 0.750. The highest BCUT2D eigenvalue weighted by Gasteiger charge is 2.17. The number of benzene rings is 1. The summed E-state index contributed by atoms with van der Waals surface area (Å²) < 4.78 is 1.87. The van der Waals surface area contributed by atoms with E-state index in [9.17, 15) is 0 Å². The van der Waals surface area contributed by atoms with Gasteiger partial charge in [0.05, 0.1) is 17.3 Å². The Morgan fingerprint density at radius 1 is 1.47 bits per heavy atom. The van der Waals surface area contributed by atoms with E-state index in [-0.39, 0.29) is 0 Å². The molecule has 1 aromatic carbocycles. The highest BCUT2D eigenvalue weighted by Crippen LogP contribution is 2.30. The van der Waals surface area contributed by atoms with E-state index in [0.717, 1.165) is 28.1 Å². The van der Waals surface area contributed by atoms with E-state index < -0.39 is 0 Å². The van der Waals surface area contributed by atoms with Gasteiger partial charge in [0.1, 0.15) is 5.82 Å². The minimum absolute atomic E-state index is 0.656. The van der Waals surface area contributed by atoms with Gasteiger partial charge in [0.15, 0.2) is 0 Å². The molecule has 0 fully saturated rings. The van der Waals surface area contributed by atoms with Crippen LogP contribution in [0.3, 0.4) is 0 Å². The average Bonchev–Trinajstić information content (AvgIpc) is 2.71. The molecule has 2 aromatic rings. The van der Waals surface area contributed by atoms with E-state index in [1.807, 2.05) is 43.9 Å². The SMILES string of the molecule is Cc1nn(C)c(N(C)c2cccc(C#N)c2)c1CBr. The zero-order valence-electron chi connectivity index (χ0n) is 11.2. The van der Waals surface area contributed by atoms with Gasteiger partial charge in [-0.15, -0.1) is 0 Å². The van der Waals surface area contributed by atoms with Gasteiger partial charge in [-0.3, -0.25) is 4.68 Å². The fraction of sp³-hybridized carbons (Fsp3) is 0.286. The molecular weight excluding hydrogens is 304 g/mol. The van der Waals surface area contributed by atoms with Crippen LogP contribution in [0.2, 0.25) is 0 Å². The topological polar surface area (TPSA) is 44.9 Å². The van der Waals surface area contributed by atoms with Crippen molar-refractivity contribution in [1.29, 1.82) is 5.26 Å². The first kappa shape index (κ1) is 13.6. The first-order valence-corrected chi connectivity index (χ1v) is 7.03. The van der Waals surface area contributed by atoms with Crippen molar-refractivity contribution >= 4 is 27.4 Å². The second kappa shape index (κ2) is 5.45. The Balaban J connectivity index is 2.49. The van der Waals surface area contributed by atoms with Gasteiger partial charge in [0.25, 0.3) is 0 Å². The van der Waals surface area contributed by atoms with Crippen LogP contribution in [0.5, 0.6) is 0 Å². The second-order valence-electron chi connectivity index (χ2n) is 4.37. The fourth-order valence-corrected chi connectivity index (χ4v) is 2.83. The fourth-order valence-electron chi connectivity index (χ4n) is 2.17. The normalized spacial score (nSPS) is 10.3. The summed E-state index contributed by atoms with van der Waals surface area (Å²) in [5.41, 5.74) is 3.80. The number of nitrogens with zero attached hydrogens (tertiary/aromatic N) is 4. The molecule has 0 saturated heterocycles. The Hall–Kier alpha value is -1.80. The summed E-state index contributed by atoms with van der Waals surface area (Å²) in [5, 5.41) is 14.2. The van der Waals surface area contributed by atoms with Crippen LogP contribution >= 0.6 is 15.9 Å². The zero-order valence-corrected chi connectivity index (χ0v) is 12.8. The predicted molar refractivity (Wildman–Crippen MR) is 79.8 cm³/mol. The van der Waals surface area contributed by atoms with E-state index >= 15 is 0 Å². The van der Waals surface area contributed by atoms with Crippen LogP contribution in [-0.2, 0) is 12.4 Å². The summed E-state index contributed by atoms with van der Waals surface area (Å²) in [6.45, 7) is 2.00. The Morgan fingerprint density at radius 2 is 2.21 bits per heavy atom. The highest BCUT2D eigenvalue weighted by atomic mass is 79.9. The Morgan fingerprint density at radius 3 is 2.84 bits per heavy atom. The quantitative estimate of drug-likeness (QED) is 0.816. The number of rotatable bonds is 3. The molecule has 0 aliphatic carbocycles. The van der Waals surface area contributed by atoms with Crippen LogP contribution in [0.15, 0.2) is 24.3 Å². The minimum Gasteiger partial charge on any atom is -0.329 e. The van der Waals surface area contributed by atoms with E-state index in [2.05, 4.69) is 32.0 Å². The van der Waals surface area contributed by atoms with E-state index in [4.69, 9.17) is 5.26 Å². The van der Waals surface area contributed by atoms with Crippen molar-refractivity contribution in [3.63, 3.8) is 0 Å². The highest BCUT2D eigenvalue weighted by molar-refractivity contribution is 9.08. The third kappa shape index (κ3) is 2.49. The van der Waals surface area contributed by atoms with Crippen LogP contribution in [0.1, 0.15) is 16.8 Å². The lowest BCUT2D eigenvalue weighted by Gasteiger charge is -2.21. The monoisotopic (exact) mass is 318 g/mol. The predicted octanol–water partition coefficient (Wildman–Crippen LogP) is 3.26. The standard InChI is InChI=1S/C14H15BrN4/c1-10-13(8-15)14(19(3)17-10)18(2)12-6-4-5-11(7-12)9-16/h4-7H,8H2,1-3H3. The van der Waals surface area contributed by atoms with Crippen LogP contribution in [-0.4, -0.2) is 16.8 Å². The second-order valence-corrected chi connectivity index (χ2v) is 4.93. The van der Waals surface area contributed by atoms with Gasteiger partial charge in [-0.1, -0.05) is 22.0 Å². The maximum Gasteiger partial charge on any atom is 0.135 e. The smallest absolute Gasteiger partial charge is 0.135 e. The molecule has 98 valence electrons. The summed E-state index contributed by atoms with van der Waals surface area (Å²) in [5.74, 6) is 1.03. The molecule has 2 rings (SSSR count). The van der Waals surface area contributed by atoms with Crippen molar-refractivity contribution in [2.24, 2.45) is 7.05 Å². The third-order valence-electron chi connectivity index (χ3n) is 3.13. The van der Waals surface area contributed by atoms with E-state index in [1.165, 1.54) is 0 Å². The molecule has 0 N–H and O–H groups in total. The van der Waals surface area contributed by atoms with Gasteiger partial charge in [-0.05, 0) is 25.1 Å². The van der Waals surface area contributed by atoms with Gasteiger partial charge in [-0.2, -0.15) is 10.4 Å². The largest absolute Gasteiger partial charge is 0.329 e. The molecule has 0 amide bonds. The average molecular weight is 319 g/mol. The lowest BCUT2D eigenvalue weighted by atomic mass is 10.2. The molecule has 19 heavy (non-hydrogen) atoms. The van der Waals surface area contributed by atoms with Crippen molar-refractivity contribution in [2.75, 3.05) is 11.9 Å². The van der Waals surface area contributed by atoms with Crippen molar-refractivity contribution in [3.8, 4) is 6.07 Å². The molecule has 4 nitrogen and oxygen atoms in total. The lowest BCUT2D eigenvalue weighted by Crippen LogP contribution is -2.15. The molecule has 5 heteroatoms. The van der Waals surface area contributed by atoms with E-state index in [1.54, 1.807) is 6.07 Å². The molecule has 0 saturated carbocycles. The molecule has 0 atom stereocenters. The number of anilines is 2. The molecule has 0 unspecified atom stereocenters. The summed E-state index contributed by atoms with van der Waals surface area (Å²) in [6.07, 6.45) is 0. The molecule has 0 spiro atoms. The van der Waals surface area contributed by atoms with Crippen molar-refractivity contribution < 1.29 is 0 Å². The Bertz CT molecular complexity index is 639. The van der Waals surface area contributed by atoms with Crippen LogP contribution < -0.4 is 4.90 Å². The molecule has 1 heterocycles. The van der Waals surface area contributed by atoms with Crippen LogP contribution in [0.25, 0.3) is 0 Å². The summed E-state index contributed by atoms with van der Waals surface area (Å²) >= 11 is 3.51. The van der Waals surface area contributed by atoms with Crippen molar-refractivity contribution in [3.05, 3.63) is 41.1 Å². The first-order chi connectivity index (χ1) is 9.08. The summed E-state index contributed by atoms with van der Waals surface area (Å²) in [4.78, 5) is 2.05. The maximum atomic E-state index is 8.98. The molecule has 0 radical (unpaired) electrons. The van der Waals surface area contributed by atoms with Gasteiger partial charge in [-0.25, -0.2) is 0 Å². The molecular formula is C14H15BrN4. The molecule has 1 aromatic heterocycles. The number of aromatic nitrogens is 2. The van der Waals surface area contributed by atoms with Gasteiger partial charge in [0, 0.05) is 30.7 Å². The van der Waals surface area contributed by atoms with Crippen LogP contribution in [0, 0.1) is 18.3 Å². The first-order valence-electron chi connectivity index (χ1n) is 5.90. The molecule has 0 bridgehead atoms. The number of nitriles is 1. The van der Waals surface area contributed by atoms with Gasteiger partial charge >= 0.3 is 0 Å². The van der Waals surface area contributed by atoms with Gasteiger partial charge < -0.3 is 4.90 Å². The number of aryl methyl sites for hydroxylation is 2. The molecule has 0 aliphatic heterocycles. The zero-order chi connectivity index (χ0) is 14.0. The number of hydrogen-bond donors (Lipinski definition) is 0. The molecule has 0 aliphatic rings. The van der Waals surface area contributed by atoms with Crippen molar-refractivity contribution in [1.82, 2.24) is 9.78 Å². The third-order valence-corrected chi connectivity index (χ3v) is 3.69. The Labute approximate surface area is 121 Å². The number of halogens is 1. The summed E-state index contributed by atoms with van der Waals surface area (Å²) in [7, 11) is 3.91. The minimum atomic E-state index is 0.656. The number of hydrogen-bond acceptors (Lipinski definition) is 3. The van der Waals surface area contributed by atoms with E-state index in [0.29, 0.717) is 5.56 Å². The van der Waals surface area contributed by atoms with Crippen LogP contribution in [0.4, 0.5) is 11.5 Å². The summed E-state index contributed by atoms with van der Waals surface area (Å²) in [6, 6.07) is 9.72. The maximum absolute atomic E-state index is 8.98. The van der Waals surface area contributed by atoms with Crippen molar-refractivity contribution in [2.45, 2.75) is 12.3 Å².